The molecule has 3 rings (SSSR count). The summed E-state index contributed by atoms with van der Waals surface area (Å²) in [7, 11) is 3.06. The molecular weight excluding hydrogens is 416 g/mol. The van der Waals surface area contributed by atoms with Gasteiger partial charge in [0, 0.05) is 23.5 Å². The number of rotatable bonds is 6. The maximum absolute atomic E-state index is 12.0. The van der Waals surface area contributed by atoms with Crippen LogP contribution >= 0.6 is 23.8 Å². The van der Waals surface area contributed by atoms with E-state index >= 15 is 0 Å². The van der Waals surface area contributed by atoms with E-state index in [0.717, 1.165) is 5.69 Å². The van der Waals surface area contributed by atoms with E-state index in [2.05, 4.69) is 21.1 Å². The molecule has 0 aliphatic carbocycles. The number of ether oxygens (including phenoxy) is 2. The van der Waals surface area contributed by atoms with Gasteiger partial charge in [-0.1, -0.05) is 16.8 Å². The molecule has 150 valence electrons. The van der Waals surface area contributed by atoms with Gasteiger partial charge in [-0.15, -0.1) is 0 Å². The van der Waals surface area contributed by atoms with Crippen LogP contribution in [-0.4, -0.2) is 30.4 Å². The van der Waals surface area contributed by atoms with E-state index in [4.69, 9.17) is 37.8 Å². The second-order valence-corrected chi connectivity index (χ2v) is 6.49. The number of methoxy groups -OCH3 is 2. The number of amides is 1. The van der Waals surface area contributed by atoms with Gasteiger partial charge in [0.05, 0.1) is 31.1 Å². The smallest absolute Gasteiger partial charge is 0.294 e. The highest BCUT2D eigenvalue weighted by Crippen LogP contribution is 2.36. The number of halogens is 1. The predicted octanol–water partition coefficient (Wildman–Crippen LogP) is 4.41. The molecule has 29 heavy (non-hydrogen) atoms. The molecule has 10 heteroatoms. The summed E-state index contributed by atoms with van der Waals surface area (Å²) in [4.78, 5) is 12.0. The van der Waals surface area contributed by atoms with Crippen molar-refractivity contribution in [1.29, 1.82) is 0 Å². The van der Waals surface area contributed by atoms with Crippen molar-refractivity contribution < 1.29 is 18.8 Å². The summed E-state index contributed by atoms with van der Waals surface area (Å²) in [6.45, 7) is 0. The van der Waals surface area contributed by atoms with Gasteiger partial charge in [-0.25, -0.2) is 0 Å². The fraction of sp³-hybridized carbons (Fsp3) is 0.105. The van der Waals surface area contributed by atoms with Gasteiger partial charge in [-0.3, -0.25) is 4.79 Å². The summed E-state index contributed by atoms with van der Waals surface area (Å²) in [5.41, 5.74) is 1.91. The minimum Gasteiger partial charge on any atom is -0.495 e. The Labute approximate surface area is 177 Å². The molecular formula is C19H17ClN4O4S. The summed E-state index contributed by atoms with van der Waals surface area (Å²) in [6, 6.07) is 11.8. The Hall–Kier alpha value is -3.30. The highest BCUT2D eigenvalue weighted by Gasteiger charge is 2.12. The van der Waals surface area contributed by atoms with Crippen LogP contribution in [0.5, 0.6) is 11.5 Å². The van der Waals surface area contributed by atoms with Gasteiger partial charge < -0.3 is 29.9 Å². The first kappa shape index (κ1) is 20.4. The lowest BCUT2D eigenvalue weighted by molar-refractivity contribution is 0.0988. The molecule has 0 aliphatic heterocycles. The number of hydrogen-bond donors (Lipinski definition) is 3. The summed E-state index contributed by atoms with van der Waals surface area (Å²) >= 11 is 11.5. The molecule has 1 amide bonds. The lowest BCUT2D eigenvalue weighted by atomic mass is 10.2. The number of nitrogens with one attached hydrogen (secondary N) is 3. The Kier molecular flexibility index (Phi) is 6.53. The average Bonchev–Trinajstić information content (AvgIpc) is 3.25. The minimum absolute atomic E-state index is 0.129. The van der Waals surface area contributed by atoms with Gasteiger partial charge in [-0.2, -0.15) is 0 Å². The highest BCUT2D eigenvalue weighted by atomic mass is 35.5. The zero-order valence-electron chi connectivity index (χ0n) is 15.5. The van der Waals surface area contributed by atoms with E-state index in [1.165, 1.54) is 26.5 Å². The first-order valence-electron chi connectivity index (χ1n) is 8.31. The number of hydrogen-bond acceptors (Lipinski definition) is 6. The van der Waals surface area contributed by atoms with E-state index < -0.39 is 0 Å². The molecule has 1 heterocycles. The summed E-state index contributed by atoms with van der Waals surface area (Å²) in [6.07, 6.45) is 1.40. The quantitative estimate of drug-likeness (QED) is 0.493. The van der Waals surface area contributed by atoms with Gasteiger partial charge >= 0.3 is 0 Å². The number of nitrogens with zero attached hydrogens (tertiary/aromatic N) is 1. The first-order chi connectivity index (χ1) is 14.0. The number of benzene rings is 2. The molecule has 0 aliphatic rings. The van der Waals surface area contributed by atoms with E-state index in [-0.39, 0.29) is 11.7 Å². The standard InChI is InChI=1S/C19H17ClN4O4S/c1-26-16-10-17(27-2)14(9-13(16)20)24-19(29)23-12-5-3-11(4-6-12)22-18(25)15-7-8-21-28-15/h3-10H,1-2H3,(H,22,25)(H2,23,24,29). The topological polar surface area (TPSA) is 97.7 Å². The lowest BCUT2D eigenvalue weighted by Crippen LogP contribution is -2.19. The molecule has 8 nitrogen and oxygen atoms in total. The fourth-order valence-corrected chi connectivity index (χ4v) is 2.87. The molecule has 3 N–H and O–H groups in total. The largest absolute Gasteiger partial charge is 0.495 e. The number of thiocarbonyl (C=S) groups is 1. The highest BCUT2D eigenvalue weighted by molar-refractivity contribution is 7.80. The molecule has 0 saturated carbocycles. The molecule has 0 fully saturated rings. The molecule has 2 aromatic carbocycles. The van der Waals surface area contributed by atoms with E-state index in [1.54, 1.807) is 36.4 Å². The van der Waals surface area contributed by atoms with Crippen LogP contribution in [0, 0.1) is 0 Å². The third-order valence-electron chi connectivity index (χ3n) is 3.78. The monoisotopic (exact) mass is 432 g/mol. The maximum atomic E-state index is 12.0. The molecule has 3 aromatic rings. The summed E-state index contributed by atoms with van der Waals surface area (Å²) in [5.74, 6) is 0.769. The third kappa shape index (κ3) is 5.15. The van der Waals surface area contributed by atoms with Crippen LogP contribution < -0.4 is 25.4 Å². The fourth-order valence-electron chi connectivity index (χ4n) is 2.40. The van der Waals surface area contributed by atoms with E-state index in [9.17, 15) is 4.79 Å². The van der Waals surface area contributed by atoms with Gasteiger partial charge in [0.2, 0.25) is 5.76 Å². The number of aromatic nitrogens is 1. The minimum atomic E-state index is -0.385. The molecule has 0 atom stereocenters. The molecule has 1 aromatic heterocycles. The van der Waals surface area contributed by atoms with Gasteiger partial charge in [0.15, 0.2) is 5.11 Å². The number of anilines is 3. The van der Waals surface area contributed by atoms with Gasteiger partial charge in [-0.05, 0) is 42.5 Å². The van der Waals surface area contributed by atoms with Crippen LogP contribution in [-0.2, 0) is 0 Å². The predicted molar refractivity (Wildman–Crippen MR) is 115 cm³/mol. The Morgan fingerprint density at radius 2 is 1.66 bits per heavy atom. The summed E-state index contributed by atoms with van der Waals surface area (Å²) in [5, 5.41) is 13.0. The molecule has 0 saturated heterocycles. The van der Waals surface area contributed by atoms with Crippen molar-refractivity contribution >= 4 is 51.9 Å². The van der Waals surface area contributed by atoms with Gasteiger partial charge in [0.1, 0.15) is 11.5 Å². The molecule has 0 radical (unpaired) electrons. The van der Waals surface area contributed by atoms with Crippen molar-refractivity contribution in [3.8, 4) is 11.5 Å². The van der Waals surface area contributed by atoms with Crippen LogP contribution in [0.4, 0.5) is 17.1 Å². The maximum Gasteiger partial charge on any atom is 0.294 e. The van der Waals surface area contributed by atoms with Gasteiger partial charge in [0.25, 0.3) is 5.91 Å². The SMILES string of the molecule is COc1cc(OC)c(NC(=S)Nc2ccc(NC(=O)c3ccno3)cc2)cc1Cl. The third-order valence-corrected chi connectivity index (χ3v) is 4.28. The average molecular weight is 433 g/mol. The second kappa shape index (κ2) is 9.26. The summed E-state index contributed by atoms with van der Waals surface area (Å²) < 4.78 is 15.3. The molecule has 0 bridgehead atoms. The van der Waals surface area contributed by atoms with Crippen LogP contribution in [0.15, 0.2) is 53.2 Å². The van der Waals surface area contributed by atoms with E-state index in [0.29, 0.717) is 33.0 Å². The van der Waals surface area contributed by atoms with E-state index in [1.807, 2.05) is 0 Å². The Balaban J connectivity index is 1.62. The molecule has 0 unspecified atom stereocenters. The zero-order valence-corrected chi connectivity index (χ0v) is 17.1. The van der Waals surface area contributed by atoms with Crippen molar-refractivity contribution in [2.24, 2.45) is 0 Å². The Bertz CT molecular complexity index is 1010. The number of carbonyl (C=O) groups excluding carboxylic acids is 1. The number of carbonyl (C=O) groups is 1. The van der Waals surface area contributed by atoms with Crippen molar-refractivity contribution in [2.45, 2.75) is 0 Å². The van der Waals surface area contributed by atoms with Crippen LogP contribution in [0.3, 0.4) is 0 Å². The van der Waals surface area contributed by atoms with Crippen molar-refractivity contribution in [3.63, 3.8) is 0 Å². The van der Waals surface area contributed by atoms with Crippen LogP contribution in [0.2, 0.25) is 5.02 Å². The van der Waals surface area contributed by atoms with Crippen molar-refractivity contribution in [1.82, 2.24) is 5.16 Å². The van der Waals surface area contributed by atoms with Crippen LogP contribution in [0.1, 0.15) is 10.6 Å². The van der Waals surface area contributed by atoms with Crippen molar-refractivity contribution in [3.05, 3.63) is 59.4 Å². The lowest BCUT2D eigenvalue weighted by Gasteiger charge is -2.15. The Morgan fingerprint density at radius 1 is 1.00 bits per heavy atom. The normalized spacial score (nSPS) is 10.2. The van der Waals surface area contributed by atoms with Crippen LogP contribution in [0.25, 0.3) is 0 Å². The zero-order chi connectivity index (χ0) is 20.8. The van der Waals surface area contributed by atoms with Crippen molar-refractivity contribution in [2.75, 3.05) is 30.2 Å². The second-order valence-electron chi connectivity index (χ2n) is 5.67. The molecule has 0 spiro atoms. The first-order valence-corrected chi connectivity index (χ1v) is 9.10. The Morgan fingerprint density at radius 3 is 2.24 bits per heavy atom.